The molecule has 1 fully saturated rings. The van der Waals surface area contributed by atoms with E-state index >= 15 is 0 Å². The third kappa shape index (κ3) is 3.18. The predicted molar refractivity (Wildman–Crippen MR) is 66.1 cm³/mol. The van der Waals surface area contributed by atoms with Crippen LogP contribution in [-0.2, 0) is 11.3 Å². The van der Waals surface area contributed by atoms with Crippen molar-refractivity contribution in [2.45, 2.75) is 26.4 Å². The number of hydrogen-bond acceptors (Lipinski definition) is 4. The molecule has 0 spiro atoms. The summed E-state index contributed by atoms with van der Waals surface area (Å²) >= 11 is 0. The van der Waals surface area contributed by atoms with Crippen molar-refractivity contribution < 1.29 is 4.74 Å². The largest absolute Gasteiger partial charge is 0.383 e. The molecule has 90 valence electrons. The number of anilines is 1. The van der Waals surface area contributed by atoms with E-state index in [2.05, 4.69) is 16.9 Å². The monoisotopic (exact) mass is 223 g/mol. The first-order valence-electron chi connectivity index (χ1n) is 5.74. The number of pyridine rings is 1. The molecule has 2 rings (SSSR count). The highest BCUT2D eigenvalue weighted by Gasteiger charge is 2.23. The van der Waals surface area contributed by atoms with Gasteiger partial charge in [-0.1, -0.05) is 19.9 Å². The second kappa shape index (κ2) is 6.45. The van der Waals surface area contributed by atoms with Gasteiger partial charge in [-0.15, -0.1) is 0 Å². The van der Waals surface area contributed by atoms with Crippen LogP contribution in [0.15, 0.2) is 18.3 Å². The lowest BCUT2D eigenvalue weighted by Crippen LogP contribution is -2.46. The molecule has 0 aromatic carbocycles. The lowest BCUT2D eigenvalue weighted by atomic mass is 10.2. The van der Waals surface area contributed by atoms with E-state index in [0.717, 1.165) is 25.3 Å². The van der Waals surface area contributed by atoms with Crippen molar-refractivity contribution in [3.8, 4) is 0 Å². The van der Waals surface area contributed by atoms with Crippen LogP contribution in [0, 0.1) is 0 Å². The summed E-state index contributed by atoms with van der Waals surface area (Å²) in [7, 11) is 2.08. The summed E-state index contributed by atoms with van der Waals surface area (Å²) in [6.45, 7) is 6.50. The Morgan fingerprint density at radius 2 is 2.19 bits per heavy atom. The fraction of sp³-hybridized carbons (Fsp3) is 0.583. The van der Waals surface area contributed by atoms with Gasteiger partial charge in [0, 0.05) is 18.3 Å². The first-order valence-corrected chi connectivity index (χ1v) is 5.74. The van der Waals surface area contributed by atoms with Crippen LogP contribution in [-0.4, -0.2) is 36.2 Å². The van der Waals surface area contributed by atoms with Crippen LogP contribution < -0.4 is 5.73 Å². The molecule has 2 N–H and O–H groups in total. The van der Waals surface area contributed by atoms with Crippen molar-refractivity contribution in [3.63, 3.8) is 0 Å². The number of nitrogen functional groups attached to an aromatic ring is 1. The summed E-state index contributed by atoms with van der Waals surface area (Å²) in [6.07, 6.45) is 1.71. The molecular weight excluding hydrogens is 202 g/mol. The molecule has 0 radical (unpaired) electrons. The highest BCUT2D eigenvalue weighted by molar-refractivity contribution is 5.38. The lowest BCUT2D eigenvalue weighted by Gasteiger charge is -2.34. The quantitative estimate of drug-likeness (QED) is 0.844. The summed E-state index contributed by atoms with van der Waals surface area (Å²) < 4.78 is 5.14. The van der Waals surface area contributed by atoms with E-state index in [-0.39, 0.29) is 0 Å². The molecule has 4 nitrogen and oxygen atoms in total. The van der Waals surface area contributed by atoms with Gasteiger partial charge in [0.1, 0.15) is 5.82 Å². The molecule has 4 heteroatoms. The van der Waals surface area contributed by atoms with Gasteiger partial charge in [0.05, 0.1) is 19.3 Å². The third-order valence-electron chi connectivity index (χ3n) is 2.59. The van der Waals surface area contributed by atoms with E-state index in [1.807, 2.05) is 26.0 Å². The minimum Gasteiger partial charge on any atom is -0.383 e. The van der Waals surface area contributed by atoms with E-state index in [1.54, 1.807) is 6.20 Å². The standard InChI is InChI=1S/C10H15N3O.C2H6/c1-13(9-6-14-7-9)5-8-3-2-4-12-10(8)11;1-2/h2-4,9H,5-7H2,1H3,(H2,11,12);1-2H3. The number of ether oxygens (including phenoxy) is 1. The highest BCUT2D eigenvalue weighted by Crippen LogP contribution is 2.14. The van der Waals surface area contributed by atoms with Gasteiger partial charge in [-0.05, 0) is 13.1 Å². The maximum atomic E-state index is 5.76. The van der Waals surface area contributed by atoms with Crippen molar-refractivity contribution in [2.75, 3.05) is 26.0 Å². The molecule has 1 aromatic rings. The zero-order chi connectivity index (χ0) is 12.0. The van der Waals surface area contributed by atoms with Crippen molar-refractivity contribution in [1.29, 1.82) is 0 Å². The number of nitrogens with zero attached hydrogens (tertiary/aromatic N) is 2. The van der Waals surface area contributed by atoms with Gasteiger partial charge >= 0.3 is 0 Å². The van der Waals surface area contributed by atoms with Gasteiger partial charge in [0.15, 0.2) is 0 Å². The van der Waals surface area contributed by atoms with Crippen LogP contribution in [0.4, 0.5) is 5.82 Å². The second-order valence-electron chi connectivity index (χ2n) is 3.65. The minimum atomic E-state index is 0.537. The van der Waals surface area contributed by atoms with Crippen LogP contribution in [0.1, 0.15) is 19.4 Å². The number of hydrogen-bond donors (Lipinski definition) is 1. The van der Waals surface area contributed by atoms with Crippen LogP contribution in [0.3, 0.4) is 0 Å². The van der Waals surface area contributed by atoms with Gasteiger partial charge in [0.2, 0.25) is 0 Å². The third-order valence-corrected chi connectivity index (χ3v) is 2.59. The molecule has 0 saturated carbocycles. The van der Waals surface area contributed by atoms with Crippen LogP contribution >= 0.6 is 0 Å². The Morgan fingerprint density at radius 3 is 2.69 bits per heavy atom. The average molecular weight is 223 g/mol. The predicted octanol–water partition coefficient (Wildman–Crippen LogP) is 1.52. The molecule has 1 aliphatic heterocycles. The van der Waals surface area contributed by atoms with Gasteiger partial charge in [-0.25, -0.2) is 4.98 Å². The normalized spacial score (nSPS) is 15.2. The summed E-state index contributed by atoms with van der Waals surface area (Å²) in [5, 5.41) is 0. The first-order chi connectivity index (χ1) is 7.77. The Morgan fingerprint density at radius 1 is 1.50 bits per heavy atom. The summed E-state index contributed by atoms with van der Waals surface area (Å²) in [4.78, 5) is 6.30. The average Bonchev–Trinajstić information content (AvgIpc) is 2.22. The molecular formula is C12H21N3O. The smallest absolute Gasteiger partial charge is 0.127 e. The van der Waals surface area contributed by atoms with Crippen molar-refractivity contribution in [3.05, 3.63) is 23.9 Å². The van der Waals surface area contributed by atoms with E-state index in [9.17, 15) is 0 Å². The molecule has 1 saturated heterocycles. The Balaban J connectivity index is 0.000000606. The molecule has 0 aliphatic carbocycles. The summed E-state index contributed by atoms with van der Waals surface area (Å²) in [6, 6.07) is 4.46. The Labute approximate surface area is 97.4 Å². The second-order valence-corrected chi connectivity index (χ2v) is 3.65. The molecule has 2 heterocycles. The maximum absolute atomic E-state index is 5.76. The van der Waals surface area contributed by atoms with Gasteiger partial charge in [0.25, 0.3) is 0 Å². The zero-order valence-electron chi connectivity index (χ0n) is 10.3. The van der Waals surface area contributed by atoms with Crippen LogP contribution in [0.25, 0.3) is 0 Å². The molecule has 0 bridgehead atoms. The Hall–Kier alpha value is -1.13. The van der Waals surface area contributed by atoms with Crippen molar-refractivity contribution in [1.82, 2.24) is 9.88 Å². The molecule has 1 aliphatic rings. The zero-order valence-corrected chi connectivity index (χ0v) is 10.3. The van der Waals surface area contributed by atoms with E-state index in [1.165, 1.54) is 0 Å². The van der Waals surface area contributed by atoms with Crippen LogP contribution in [0.5, 0.6) is 0 Å². The van der Waals surface area contributed by atoms with Gasteiger partial charge in [-0.2, -0.15) is 0 Å². The summed E-state index contributed by atoms with van der Waals surface area (Å²) in [5.74, 6) is 0.625. The van der Waals surface area contributed by atoms with Crippen molar-refractivity contribution >= 4 is 5.82 Å². The highest BCUT2D eigenvalue weighted by atomic mass is 16.5. The molecule has 0 amide bonds. The summed E-state index contributed by atoms with van der Waals surface area (Å²) in [5.41, 5.74) is 6.84. The van der Waals surface area contributed by atoms with Gasteiger partial charge < -0.3 is 10.5 Å². The van der Waals surface area contributed by atoms with Crippen LogP contribution in [0.2, 0.25) is 0 Å². The molecule has 16 heavy (non-hydrogen) atoms. The topological polar surface area (TPSA) is 51.4 Å². The number of aromatic nitrogens is 1. The SMILES string of the molecule is CC.CN(Cc1cccnc1N)C1COC1. The van der Waals surface area contributed by atoms with Gasteiger partial charge in [-0.3, -0.25) is 4.90 Å². The Kier molecular flexibility index (Phi) is 5.22. The number of nitrogens with two attached hydrogens (primary N) is 1. The number of likely N-dealkylation sites (N-methyl/N-ethyl adjacent to an activating group) is 1. The molecule has 0 atom stereocenters. The van der Waals surface area contributed by atoms with E-state index < -0.39 is 0 Å². The molecule has 0 unspecified atom stereocenters. The Bertz CT molecular complexity index is 313. The van der Waals surface area contributed by atoms with Crippen molar-refractivity contribution in [2.24, 2.45) is 0 Å². The maximum Gasteiger partial charge on any atom is 0.127 e. The van der Waals surface area contributed by atoms with E-state index in [4.69, 9.17) is 10.5 Å². The minimum absolute atomic E-state index is 0.537. The molecule has 1 aromatic heterocycles. The fourth-order valence-corrected chi connectivity index (χ4v) is 1.46. The fourth-order valence-electron chi connectivity index (χ4n) is 1.46. The van der Waals surface area contributed by atoms with E-state index in [0.29, 0.717) is 11.9 Å². The first kappa shape index (κ1) is 12.9. The lowest BCUT2D eigenvalue weighted by molar-refractivity contribution is -0.0586. The number of rotatable bonds is 3.